The second kappa shape index (κ2) is 3.82. The number of hydrogen-bond donors (Lipinski definition) is 0. The summed E-state index contributed by atoms with van der Waals surface area (Å²) in [4.78, 5) is 0. The Hall–Kier alpha value is -3.06. The van der Waals surface area contributed by atoms with E-state index < -0.39 is 0 Å². The molecule has 0 atom stereocenters. The van der Waals surface area contributed by atoms with E-state index in [4.69, 9.17) is 0 Å². The second-order valence-corrected chi connectivity index (χ2v) is 6.27. The van der Waals surface area contributed by atoms with E-state index in [2.05, 4.69) is 83.3 Å². The van der Waals surface area contributed by atoms with Crippen molar-refractivity contribution in [1.29, 1.82) is 0 Å². The van der Waals surface area contributed by atoms with Crippen LogP contribution in [0.4, 0.5) is 0 Å². The van der Waals surface area contributed by atoms with Gasteiger partial charge in [-0.25, -0.2) is 0 Å². The Bertz CT molecular complexity index is 1350. The maximum Gasteiger partial charge on any atom is 0.0620 e. The molecule has 1 nitrogen and oxygen atoms in total. The summed E-state index contributed by atoms with van der Waals surface area (Å²) in [7, 11) is 0. The lowest BCUT2D eigenvalue weighted by atomic mass is 10.0. The quantitative estimate of drug-likeness (QED) is 0.324. The van der Waals surface area contributed by atoms with Gasteiger partial charge in [0.25, 0.3) is 0 Å². The summed E-state index contributed by atoms with van der Waals surface area (Å²) in [6, 6.07) is 28.7. The average Bonchev–Trinajstić information content (AvgIpc) is 3.11. The molecular formula is C22H13N. The first kappa shape index (κ1) is 11.5. The van der Waals surface area contributed by atoms with Crippen molar-refractivity contribution in [3.63, 3.8) is 0 Å². The normalized spacial score (nSPS) is 12.3. The highest BCUT2D eigenvalue weighted by atomic mass is 14.9. The van der Waals surface area contributed by atoms with Crippen LogP contribution in [-0.2, 0) is 0 Å². The van der Waals surface area contributed by atoms with Crippen molar-refractivity contribution >= 4 is 48.9 Å². The Balaban J connectivity index is 2.04. The summed E-state index contributed by atoms with van der Waals surface area (Å²) in [5, 5.41) is 7.98. The molecule has 0 aliphatic heterocycles. The molecule has 0 spiro atoms. The Morgan fingerprint density at radius 2 is 1.09 bits per heavy atom. The standard InChI is InChI=1S/C22H13N/c1-2-7-15-13-19-18(12-14(15)6-1)21-11-5-10-20-16-8-3-4-9-17(16)22(19)23(20)21/h1-13H. The molecule has 3 aromatic heterocycles. The summed E-state index contributed by atoms with van der Waals surface area (Å²) < 4.78 is 2.42. The van der Waals surface area contributed by atoms with Crippen molar-refractivity contribution in [3.05, 3.63) is 78.9 Å². The number of rotatable bonds is 0. The van der Waals surface area contributed by atoms with Crippen LogP contribution >= 0.6 is 0 Å². The van der Waals surface area contributed by atoms with Crippen molar-refractivity contribution in [2.75, 3.05) is 0 Å². The predicted octanol–water partition coefficient (Wildman–Crippen LogP) is 5.99. The fourth-order valence-electron chi connectivity index (χ4n) is 4.12. The summed E-state index contributed by atoms with van der Waals surface area (Å²) in [5.74, 6) is 0. The lowest BCUT2D eigenvalue weighted by Crippen LogP contribution is -1.79. The van der Waals surface area contributed by atoms with Crippen molar-refractivity contribution in [1.82, 2.24) is 4.40 Å². The molecule has 0 N–H and O–H groups in total. The van der Waals surface area contributed by atoms with E-state index in [-0.39, 0.29) is 0 Å². The Morgan fingerprint density at radius 1 is 0.478 bits per heavy atom. The van der Waals surface area contributed by atoms with Crippen LogP contribution in [-0.4, -0.2) is 4.40 Å². The minimum Gasteiger partial charge on any atom is -0.308 e. The van der Waals surface area contributed by atoms with Gasteiger partial charge in [-0.3, -0.25) is 0 Å². The van der Waals surface area contributed by atoms with Gasteiger partial charge in [-0.15, -0.1) is 0 Å². The molecular weight excluding hydrogens is 278 g/mol. The van der Waals surface area contributed by atoms with Gasteiger partial charge in [0.2, 0.25) is 0 Å². The molecule has 6 rings (SSSR count). The molecule has 0 amide bonds. The molecule has 0 radical (unpaired) electrons. The van der Waals surface area contributed by atoms with Crippen LogP contribution in [0.2, 0.25) is 0 Å². The third-order valence-corrected chi connectivity index (χ3v) is 5.09. The molecule has 0 aliphatic rings. The molecule has 3 heterocycles. The summed E-state index contributed by atoms with van der Waals surface area (Å²) in [5.41, 5.74) is 3.94. The highest BCUT2D eigenvalue weighted by Crippen LogP contribution is 2.39. The van der Waals surface area contributed by atoms with E-state index in [0.29, 0.717) is 0 Å². The molecule has 6 aromatic rings. The highest BCUT2D eigenvalue weighted by molar-refractivity contribution is 6.24. The summed E-state index contributed by atoms with van der Waals surface area (Å²) in [6.07, 6.45) is 0. The molecule has 0 fully saturated rings. The van der Waals surface area contributed by atoms with Gasteiger partial charge >= 0.3 is 0 Å². The number of hydrogen-bond acceptors (Lipinski definition) is 0. The Kier molecular flexibility index (Phi) is 1.91. The van der Waals surface area contributed by atoms with E-state index in [1.165, 1.54) is 48.9 Å². The fraction of sp³-hybridized carbons (Fsp3) is 0. The molecule has 0 saturated carbocycles. The maximum atomic E-state index is 2.42. The first-order valence-corrected chi connectivity index (χ1v) is 7.97. The number of nitrogens with zero attached hydrogens (tertiary/aromatic N) is 1. The number of fused-ring (bicyclic) bond motifs is 7. The van der Waals surface area contributed by atoms with Gasteiger partial charge in [-0.1, -0.05) is 54.6 Å². The minimum absolute atomic E-state index is 1.30. The van der Waals surface area contributed by atoms with Crippen LogP contribution in [0.5, 0.6) is 0 Å². The second-order valence-electron chi connectivity index (χ2n) is 6.27. The van der Waals surface area contributed by atoms with Gasteiger partial charge in [-0.2, -0.15) is 0 Å². The van der Waals surface area contributed by atoms with Crippen LogP contribution in [0, 0.1) is 0 Å². The molecule has 1 heteroatoms. The zero-order chi connectivity index (χ0) is 15.0. The zero-order valence-corrected chi connectivity index (χ0v) is 12.5. The monoisotopic (exact) mass is 291 g/mol. The van der Waals surface area contributed by atoms with E-state index in [9.17, 15) is 0 Å². The number of benzene rings is 3. The van der Waals surface area contributed by atoms with E-state index in [1.807, 2.05) is 0 Å². The van der Waals surface area contributed by atoms with Crippen LogP contribution in [0.1, 0.15) is 0 Å². The SMILES string of the molecule is c1ccc2cc3c(cc2c1)c1cccc2c4ccccc4c3n21. The summed E-state index contributed by atoms with van der Waals surface area (Å²) >= 11 is 0. The van der Waals surface area contributed by atoms with Crippen LogP contribution in [0.25, 0.3) is 48.9 Å². The van der Waals surface area contributed by atoms with E-state index in [1.54, 1.807) is 0 Å². The van der Waals surface area contributed by atoms with Gasteiger partial charge in [0, 0.05) is 21.5 Å². The molecule has 0 unspecified atom stereocenters. The topological polar surface area (TPSA) is 4.41 Å². The maximum absolute atomic E-state index is 2.42. The largest absolute Gasteiger partial charge is 0.308 e. The molecule has 3 aromatic carbocycles. The Morgan fingerprint density at radius 3 is 1.87 bits per heavy atom. The lowest BCUT2D eigenvalue weighted by molar-refractivity contribution is 1.36. The minimum atomic E-state index is 1.30. The van der Waals surface area contributed by atoms with Gasteiger partial charge in [-0.05, 0) is 35.0 Å². The molecule has 23 heavy (non-hydrogen) atoms. The van der Waals surface area contributed by atoms with Crippen LogP contribution < -0.4 is 0 Å². The third kappa shape index (κ3) is 1.29. The smallest absolute Gasteiger partial charge is 0.0620 e. The average molecular weight is 291 g/mol. The fourth-order valence-corrected chi connectivity index (χ4v) is 4.12. The van der Waals surface area contributed by atoms with E-state index in [0.717, 1.165) is 0 Å². The predicted molar refractivity (Wildman–Crippen MR) is 98.6 cm³/mol. The number of pyridine rings is 1. The first-order chi connectivity index (χ1) is 11.4. The molecule has 0 aliphatic carbocycles. The van der Waals surface area contributed by atoms with E-state index >= 15 is 0 Å². The zero-order valence-electron chi connectivity index (χ0n) is 12.5. The van der Waals surface area contributed by atoms with Crippen molar-refractivity contribution in [2.24, 2.45) is 0 Å². The van der Waals surface area contributed by atoms with Crippen LogP contribution in [0.15, 0.2) is 78.9 Å². The Labute approximate surface area is 132 Å². The van der Waals surface area contributed by atoms with Gasteiger partial charge in [0.15, 0.2) is 0 Å². The van der Waals surface area contributed by atoms with Crippen molar-refractivity contribution in [3.8, 4) is 0 Å². The third-order valence-electron chi connectivity index (χ3n) is 5.09. The molecule has 0 bridgehead atoms. The lowest BCUT2D eigenvalue weighted by Gasteiger charge is -2.00. The first-order valence-electron chi connectivity index (χ1n) is 7.97. The van der Waals surface area contributed by atoms with Gasteiger partial charge < -0.3 is 4.40 Å². The molecule has 106 valence electrons. The van der Waals surface area contributed by atoms with Crippen molar-refractivity contribution < 1.29 is 0 Å². The van der Waals surface area contributed by atoms with Gasteiger partial charge in [0.05, 0.1) is 16.6 Å². The number of aromatic nitrogens is 1. The summed E-state index contributed by atoms with van der Waals surface area (Å²) in [6.45, 7) is 0. The van der Waals surface area contributed by atoms with Gasteiger partial charge in [0.1, 0.15) is 0 Å². The highest BCUT2D eigenvalue weighted by Gasteiger charge is 2.16. The van der Waals surface area contributed by atoms with Crippen LogP contribution in [0.3, 0.4) is 0 Å². The van der Waals surface area contributed by atoms with Crippen molar-refractivity contribution in [2.45, 2.75) is 0 Å². The molecule has 0 saturated heterocycles.